The number of methoxy groups -OCH3 is 1. The van der Waals surface area contributed by atoms with Crippen molar-refractivity contribution in [2.45, 2.75) is 4.90 Å². The van der Waals surface area contributed by atoms with Crippen molar-refractivity contribution in [3.63, 3.8) is 0 Å². The summed E-state index contributed by atoms with van der Waals surface area (Å²) >= 11 is 9.01. The van der Waals surface area contributed by atoms with Crippen LogP contribution in [0.25, 0.3) is 17.3 Å². The van der Waals surface area contributed by atoms with Gasteiger partial charge in [0.15, 0.2) is 5.13 Å². The highest BCUT2D eigenvalue weighted by Gasteiger charge is 2.16. The molecule has 1 aromatic heterocycles. The smallest absolute Gasteiger partial charge is 0.272 e. The molecule has 0 fully saturated rings. The van der Waals surface area contributed by atoms with Crippen molar-refractivity contribution >= 4 is 69.3 Å². The predicted octanol–water partition coefficient (Wildman–Crippen LogP) is 7.61. The number of benzene rings is 4. The lowest BCUT2D eigenvalue weighted by Crippen LogP contribution is -2.30. The van der Waals surface area contributed by atoms with Crippen molar-refractivity contribution in [1.29, 1.82) is 0 Å². The molecule has 0 saturated heterocycles. The number of rotatable bonds is 11. The van der Waals surface area contributed by atoms with E-state index in [1.807, 2.05) is 29.6 Å². The third-order valence-electron chi connectivity index (χ3n) is 6.33. The number of amides is 3. The normalized spacial score (nSPS) is 11.0. The quantitative estimate of drug-likeness (QED) is 0.0999. The van der Waals surface area contributed by atoms with Crippen LogP contribution in [0.15, 0.2) is 119 Å². The summed E-state index contributed by atoms with van der Waals surface area (Å²) in [6.45, 7) is 0. The molecule has 11 heteroatoms. The maximum Gasteiger partial charge on any atom is 0.272 e. The molecule has 4 aromatic carbocycles. The van der Waals surface area contributed by atoms with Gasteiger partial charge in [-0.1, -0.05) is 60.1 Å². The first-order valence-corrected chi connectivity index (χ1v) is 15.9. The molecule has 5 aromatic rings. The van der Waals surface area contributed by atoms with Gasteiger partial charge in [-0.2, -0.15) is 0 Å². The summed E-state index contributed by atoms with van der Waals surface area (Å²) in [7, 11) is 1.61. The second-order valence-electron chi connectivity index (χ2n) is 9.48. The molecular formula is C34H27ClN4O4S2. The third-order valence-corrected chi connectivity index (χ3v) is 8.45. The number of hydrogen-bond acceptors (Lipinski definition) is 7. The number of thioether (sulfide) groups is 1. The largest absolute Gasteiger partial charge is 0.497 e. The standard InChI is InChI=1S/C34H27ClN4O4S2/c1-43-26-12-7-11-24(18-26)30-20-45-34(38-30)39-31(40)21-44-27-16-14-25(15-17-27)36-33(42)29(19-23-10-5-6-13-28(23)35)37-32(41)22-8-3-2-4-9-22/h2-20H,21H2,1H3,(H,36,42)(H,37,41)(H,38,39,40)/b29-19-. The van der Waals surface area contributed by atoms with E-state index in [0.29, 0.717) is 27.0 Å². The molecule has 0 unspecified atom stereocenters. The van der Waals surface area contributed by atoms with Crippen LogP contribution in [-0.2, 0) is 9.59 Å². The van der Waals surface area contributed by atoms with Crippen LogP contribution in [0.1, 0.15) is 15.9 Å². The molecule has 0 aliphatic heterocycles. The monoisotopic (exact) mass is 654 g/mol. The fourth-order valence-electron chi connectivity index (χ4n) is 4.07. The zero-order chi connectivity index (χ0) is 31.6. The average Bonchev–Trinajstić information content (AvgIpc) is 3.54. The molecule has 3 N–H and O–H groups in total. The molecule has 5 rings (SSSR count). The van der Waals surface area contributed by atoms with Crippen molar-refractivity contribution in [2.24, 2.45) is 0 Å². The van der Waals surface area contributed by atoms with Gasteiger partial charge in [-0.05, 0) is 66.2 Å². The Morgan fingerprint density at radius 1 is 0.911 bits per heavy atom. The third kappa shape index (κ3) is 8.82. The summed E-state index contributed by atoms with van der Waals surface area (Å²) < 4.78 is 5.27. The minimum atomic E-state index is -0.518. The van der Waals surface area contributed by atoms with E-state index in [1.165, 1.54) is 29.2 Å². The lowest BCUT2D eigenvalue weighted by Gasteiger charge is -2.12. The molecule has 0 aliphatic carbocycles. The van der Waals surface area contributed by atoms with Gasteiger partial charge in [0, 0.05) is 32.1 Å². The van der Waals surface area contributed by atoms with Gasteiger partial charge < -0.3 is 20.7 Å². The topological polar surface area (TPSA) is 109 Å². The summed E-state index contributed by atoms with van der Waals surface area (Å²) in [5.74, 6) is -0.223. The number of hydrogen-bond donors (Lipinski definition) is 3. The Labute approximate surface area is 273 Å². The number of anilines is 2. The molecular weight excluding hydrogens is 628 g/mol. The molecule has 0 spiro atoms. The van der Waals surface area contributed by atoms with E-state index < -0.39 is 11.8 Å². The molecule has 226 valence electrons. The van der Waals surface area contributed by atoms with E-state index >= 15 is 0 Å². The Bertz CT molecular complexity index is 1840. The minimum Gasteiger partial charge on any atom is -0.497 e. The summed E-state index contributed by atoms with van der Waals surface area (Å²) in [6.07, 6.45) is 1.53. The van der Waals surface area contributed by atoms with E-state index in [-0.39, 0.29) is 17.4 Å². The predicted molar refractivity (Wildman–Crippen MR) is 182 cm³/mol. The van der Waals surface area contributed by atoms with E-state index in [2.05, 4.69) is 20.9 Å². The van der Waals surface area contributed by atoms with E-state index in [1.54, 1.807) is 86.0 Å². The van der Waals surface area contributed by atoms with E-state index in [4.69, 9.17) is 16.3 Å². The molecule has 0 bridgehead atoms. The molecule has 1 heterocycles. The number of carbonyl (C=O) groups excluding carboxylic acids is 3. The number of nitrogens with one attached hydrogen (secondary N) is 3. The van der Waals surface area contributed by atoms with Gasteiger partial charge in [-0.15, -0.1) is 23.1 Å². The van der Waals surface area contributed by atoms with Crippen LogP contribution in [0.5, 0.6) is 5.75 Å². The molecule has 3 amide bonds. The zero-order valence-corrected chi connectivity index (χ0v) is 26.3. The Kier molecular flexibility index (Phi) is 10.7. The molecule has 8 nitrogen and oxygen atoms in total. The second kappa shape index (κ2) is 15.2. The van der Waals surface area contributed by atoms with Gasteiger partial charge in [0.25, 0.3) is 11.8 Å². The highest BCUT2D eigenvalue weighted by atomic mass is 35.5. The highest BCUT2D eigenvalue weighted by molar-refractivity contribution is 8.00. The van der Waals surface area contributed by atoms with Crippen LogP contribution in [0.2, 0.25) is 5.02 Å². The van der Waals surface area contributed by atoms with Gasteiger partial charge in [-0.3, -0.25) is 14.4 Å². The number of aromatic nitrogens is 1. The maximum absolute atomic E-state index is 13.3. The van der Waals surface area contributed by atoms with Crippen molar-refractivity contribution in [3.05, 3.63) is 130 Å². The van der Waals surface area contributed by atoms with Crippen LogP contribution >= 0.6 is 34.7 Å². The lowest BCUT2D eigenvalue weighted by molar-refractivity contribution is -0.114. The SMILES string of the molecule is COc1cccc(-c2csc(NC(=O)CSc3ccc(NC(=O)/C(=C/c4ccccc4Cl)NC(=O)c4ccccc4)cc3)n2)c1. The Morgan fingerprint density at radius 3 is 2.42 bits per heavy atom. The van der Waals surface area contributed by atoms with Crippen molar-refractivity contribution in [3.8, 4) is 17.0 Å². The molecule has 0 atom stereocenters. The number of carbonyl (C=O) groups is 3. The molecule has 0 radical (unpaired) electrons. The van der Waals surface area contributed by atoms with Crippen molar-refractivity contribution in [1.82, 2.24) is 10.3 Å². The number of thiazole rings is 1. The lowest BCUT2D eigenvalue weighted by atomic mass is 10.1. The number of ether oxygens (including phenoxy) is 1. The van der Waals surface area contributed by atoms with Gasteiger partial charge in [0.2, 0.25) is 5.91 Å². The van der Waals surface area contributed by atoms with Crippen molar-refractivity contribution < 1.29 is 19.1 Å². The minimum absolute atomic E-state index is 0.0313. The summed E-state index contributed by atoms with van der Waals surface area (Å²) in [5.41, 5.74) is 3.19. The van der Waals surface area contributed by atoms with Crippen LogP contribution in [0.3, 0.4) is 0 Å². The fourth-order valence-corrected chi connectivity index (χ4v) is 5.70. The molecule has 45 heavy (non-hydrogen) atoms. The first-order chi connectivity index (χ1) is 21.9. The summed E-state index contributed by atoms with van der Waals surface area (Å²) in [4.78, 5) is 44.1. The molecule has 0 aliphatic rings. The van der Waals surface area contributed by atoms with Crippen LogP contribution in [0.4, 0.5) is 10.8 Å². The van der Waals surface area contributed by atoms with Gasteiger partial charge in [-0.25, -0.2) is 4.98 Å². The summed E-state index contributed by atoms with van der Waals surface area (Å²) in [6, 6.07) is 30.3. The first kappa shape index (κ1) is 31.5. The fraction of sp³-hybridized carbons (Fsp3) is 0.0588. The maximum atomic E-state index is 13.3. The Hall–Kier alpha value is -4.90. The van der Waals surface area contributed by atoms with Gasteiger partial charge >= 0.3 is 0 Å². The highest BCUT2D eigenvalue weighted by Crippen LogP contribution is 2.28. The summed E-state index contributed by atoms with van der Waals surface area (Å²) in [5, 5.41) is 11.2. The number of halogens is 1. The Balaban J connectivity index is 1.18. The second-order valence-corrected chi connectivity index (χ2v) is 11.8. The zero-order valence-electron chi connectivity index (χ0n) is 24.0. The van der Waals surface area contributed by atoms with E-state index in [0.717, 1.165) is 21.9 Å². The van der Waals surface area contributed by atoms with Gasteiger partial charge in [0.05, 0.1) is 18.6 Å². The number of nitrogens with zero attached hydrogens (tertiary/aromatic N) is 1. The average molecular weight is 655 g/mol. The van der Waals surface area contributed by atoms with Crippen LogP contribution in [-0.4, -0.2) is 35.6 Å². The van der Waals surface area contributed by atoms with Crippen LogP contribution < -0.4 is 20.7 Å². The first-order valence-electron chi connectivity index (χ1n) is 13.6. The van der Waals surface area contributed by atoms with Gasteiger partial charge in [0.1, 0.15) is 11.4 Å². The van der Waals surface area contributed by atoms with Crippen molar-refractivity contribution in [2.75, 3.05) is 23.5 Å². The van der Waals surface area contributed by atoms with E-state index in [9.17, 15) is 14.4 Å². The molecule has 0 saturated carbocycles. The van der Waals surface area contributed by atoms with Crippen LogP contribution in [0, 0.1) is 0 Å². The Morgan fingerprint density at radius 2 is 1.67 bits per heavy atom.